The molecule has 1 heterocycles. The standard InChI is InChI=1S/C22H22ClN3O3S/c1-3-11-29-19-13-16(9-10-18(19)28-2)12-17(23)21-25-26-22(30-21)20(27)24-14-15-7-5-4-6-8-15/h4-10,12-13H,3,11,14H2,1-2H3,(H,24,27)/b17-12-. The van der Waals surface area contributed by atoms with Gasteiger partial charge in [0.15, 0.2) is 16.5 Å². The second kappa shape index (κ2) is 10.8. The summed E-state index contributed by atoms with van der Waals surface area (Å²) in [7, 11) is 1.60. The number of methoxy groups -OCH3 is 1. The topological polar surface area (TPSA) is 73.3 Å². The number of benzene rings is 2. The molecule has 3 rings (SSSR count). The fraction of sp³-hybridized carbons (Fsp3) is 0.227. The maximum atomic E-state index is 12.3. The average molecular weight is 444 g/mol. The van der Waals surface area contributed by atoms with Crippen LogP contribution in [0.5, 0.6) is 11.5 Å². The Morgan fingerprint density at radius 1 is 1.13 bits per heavy atom. The maximum absolute atomic E-state index is 12.3. The quantitative estimate of drug-likeness (QED) is 0.503. The lowest BCUT2D eigenvalue weighted by molar-refractivity contribution is 0.0950. The Morgan fingerprint density at radius 2 is 1.90 bits per heavy atom. The van der Waals surface area contributed by atoms with Crippen molar-refractivity contribution in [2.45, 2.75) is 19.9 Å². The molecule has 0 aliphatic rings. The van der Waals surface area contributed by atoms with Crippen LogP contribution in [0.1, 0.15) is 39.3 Å². The maximum Gasteiger partial charge on any atom is 0.282 e. The molecule has 30 heavy (non-hydrogen) atoms. The molecule has 3 aromatic rings. The third kappa shape index (κ3) is 5.81. The first-order chi connectivity index (χ1) is 14.6. The van der Waals surface area contributed by atoms with E-state index < -0.39 is 0 Å². The molecule has 1 N–H and O–H groups in total. The van der Waals surface area contributed by atoms with E-state index in [2.05, 4.69) is 15.5 Å². The van der Waals surface area contributed by atoms with Crippen LogP contribution in [-0.4, -0.2) is 29.8 Å². The van der Waals surface area contributed by atoms with Gasteiger partial charge in [-0.3, -0.25) is 4.79 Å². The van der Waals surface area contributed by atoms with Crippen molar-refractivity contribution in [1.29, 1.82) is 0 Å². The lowest BCUT2D eigenvalue weighted by Gasteiger charge is -2.10. The van der Waals surface area contributed by atoms with Gasteiger partial charge in [0.25, 0.3) is 5.91 Å². The van der Waals surface area contributed by atoms with Crippen LogP contribution >= 0.6 is 22.9 Å². The van der Waals surface area contributed by atoms with Crippen molar-refractivity contribution in [2.24, 2.45) is 0 Å². The average Bonchev–Trinajstić information content (AvgIpc) is 3.27. The first kappa shape index (κ1) is 21.8. The number of halogens is 1. The summed E-state index contributed by atoms with van der Waals surface area (Å²) < 4.78 is 11.1. The van der Waals surface area contributed by atoms with Crippen LogP contribution in [0.3, 0.4) is 0 Å². The Labute approximate surface area is 184 Å². The first-order valence-electron chi connectivity index (χ1n) is 9.44. The Morgan fingerprint density at radius 3 is 2.63 bits per heavy atom. The summed E-state index contributed by atoms with van der Waals surface area (Å²) in [5.74, 6) is 1.02. The van der Waals surface area contributed by atoms with Gasteiger partial charge in [0, 0.05) is 6.54 Å². The van der Waals surface area contributed by atoms with Gasteiger partial charge in [-0.25, -0.2) is 0 Å². The van der Waals surface area contributed by atoms with E-state index in [1.807, 2.05) is 55.5 Å². The molecule has 1 amide bonds. The highest BCUT2D eigenvalue weighted by molar-refractivity contribution is 7.15. The SMILES string of the molecule is CCCOc1cc(/C=C(\Cl)c2nnc(C(=O)NCc3ccccc3)s2)ccc1OC. The van der Waals surface area contributed by atoms with Gasteiger partial charge in [0.1, 0.15) is 0 Å². The summed E-state index contributed by atoms with van der Waals surface area (Å²) >= 11 is 7.57. The smallest absolute Gasteiger partial charge is 0.282 e. The first-order valence-corrected chi connectivity index (χ1v) is 10.6. The van der Waals surface area contributed by atoms with E-state index in [1.54, 1.807) is 13.2 Å². The van der Waals surface area contributed by atoms with Crippen molar-refractivity contribution >= 4 is 40.0 Å². The molecule has 0 atom stereocenters. The molecule has 0 saturated carbocycles. The minimum Gasteiger partial charge on any atom is -0.493 e. The molecule has 0 fully saturated rings. The molecule has 0 radical (unpaired) electrons. The number of rotatable bonds is 9. The largest absolute Gasteiger partial charge is 0.493 e. The highest BCUT2D eigenvalue weighted by Crippen LogP contribution is 2.31. The van der Waals surface area contributed by atoms with Crippen molar-refractivity contribution < 1.29 is 14.3 Å². The number of hydrogen-bond acceptors (Lipinski definition) is 6. The number of carbonyl (C=O) groups is 1. The van der Waals surface area contributed by atoms with Gasteiger partial charge in [-0.05, 0) is 35.8 Å². The molecule has 0 aliphatic heterocycles. The number of ether oxygens (including phenoxy) is 2. The number of carbonyl (C=O) groups excluding carboxylic acids is 1. The second-order valence-corrected chi connectivity index (χ2v) is 7.72. The minimum absolute atomic E-state index is 0.259. The molecule has 0 bridgehead atoms. The van der Waals surface area contributed by atoms with Gasteiger partial charge in [0.2, 0.25) is 5.01 Å². The van der Waals surface area contributed by atoms with Crippen LogP contribution < -0.4 is 14.8 Å². The van der Waals surface area contributed by atoms with E-state index in [-0.39, 0.29) is 10.9 Å². The highest BCUT2D eigenvalue weighted by atomic mass is 35.5. The van der Waals surface area contributed by atoms with Crippen molar-refractivity contribution in [1.82, 2.24) is 15.5 Å². The zero-order valence-electron chi connectivity index (χ0n) is 16.7. The van der Waals surface area contributed by atoms with E-state index in [0.29, 0.717) is 34.7 Å². The van der Waals surface area contributed by atoms with Gasteiger partial charge in [-0.15, -0.1) is 10.2 Å². The van der Waals surface area contributed by atoms with E-state index >= 15 is 0 Å². The molecular formula is C22H22ClN3O3S. The summed E-state index contributed by atoms with van der Waals surface area (Å²) in [6.07, 6.45) is 2.65. The van der Waals surface area contributed by atoms with Crippen molar-refractivity contribution in [3.8, 4) is 11.5 Å². The molecule has 0 spiro atoms. The fourth-order valence-corrected chi connectivity index (χ4v) is 3.53. The molecule has 2 aromatic carbocycles. The van der Waals surface area contributed by atoms with Crippen LogP contribution in [0, 0.1) is 0 Å². The fourth-order valence-electron chi connectivity index (χ4n) is 2.58. The zero-order chi connectivity index (χ0) is 21.3. The van der Waals surface area contributed by atoms with E-state index in [0.717, 1.165) is 28.9 Å². The van der Waals surface area contributed by atoms with E-state index in [1.165, 1.54) is 0 Å². The van der Waals surface area contributed by atoms with Gasteiger partial charge >= 0.3 is 0 Å². The molecule has 8 heteroatoms. The third-order valence-electron chi connectivity index (χ3n) is 4.06. The summed E-state index contributed by atoms with van der Waals surface area (Å²) in [6.45, 7) is 3.05. The molecule has 156 valence electrons. The van der Waals surface area contributed by atoms with Gasteiger partial charge in [0.05, 0.1) is 18.7 Å². The second-order valence-electron chi connectivity index (χ2n) is 6.33. The summed E-state index contributed by atoms with van der Waals surface area (Å²) in [5, 5.41) is 12.0. The number of aromatic nitrogens is 2. The Bertz CT molecular complexity index is 1020. The van der Waals surface area contributed by atoms with Crippen molar-refractivity contribution in [3.63, 3.8) is 0 Å². The Hall–Kier alpha value is -2.90. The molecular weight excluding hydrogens is 422 g/mol. The predicted octanol–water partition coefficient (Wildman–Crippen LogP) is 5.00. The van der Waals surface area contributed by atoms with Crippen LogP contribution in [0.4, 0.5) is 0 Å². The number of nitrogens with zero attached hydrogens (tertiary/aromatic N) is 2. The lowest BCUT2D eigenvalue weighted by Crippen LogP contribution is -2.22. The van der Waals surface area contributed by atoms with Crippen LogP contribution in [0.2, 0.25) is 0 Å². The van der Waals surface area contributed by atoms with Gasteiger partial charge in [-0.1, -0.05) is 66.3 Å². The summed E-state index contributed by atoms with van der Waals surface area (Å²) in [6, 6.07) is 15.2. The van der Waals surface area contributed by atoms with Crippen LogP contribution in [-0.2, 0) is 6.54 Å². The molecule has 0 saturated heterocycles. The Balaban J connectivity index is 1.70. The summed E-state index contributed by atoms with van der Waals surface area (Å²) in [5.41, 5.74) is 1.84. The Kier molecular flexibility index (Phi) is 7.82. The van der Waals surface area contributed by atoms with Gasteiger partial charge in [-0.2, -0.15) is 0 Å². The molecule has 6 nitrogen and oxygen atoms in total. The van der Waals surface area contributed by atoms with Gasteiger partial charge < -0.3 is 14.8 Å². The van der Waals surface area contributed by atoms with Crippen molar-refractivity contribution in [2.75, 3.05) is 13.7 Å². The monoisotopic (exact) mass is 443 g/mol. The van der Waals surface area contributed by atoms with E-state index in [9.17, 15) is 4.79 Å². The molecule has 0 unspecified atom stereocenters. The van der Waals surface area contributed by atoms with Crippen LogP contribution in [0.15, 0.2) is 48.5 Å². The van der Waals surface area contributed by atoms with Crippen LogP contribution in [0.25, 0.3) is 11.1 Å². The van der Waals surface area contributed by atoms with Crippen molar-refractivity contribution in [3.05, 3.63) is 69.7 Å². The molecule has 0 aliphatic carbocycles. The number of nitrogens with one attached hydrogen (secondary N) is 1. The number of amides is 1. The minimum atomic E-state index is -0.285. The third-order valence-corrected chi connectivity index (χ3v) is 5.42. The zero-order valence-corrected chi connectivity index (χ0v) is 18.3. The normalized spacial score (nSPS) is 11.2. The van der Waals surface area contributed by atoms with E-state index in [4.69, 9.17) is 21.1 Å². The number of hydrogen-bond donors (Lipinski definition) is 1. The molecule has 1 aromatic heterocycles. The predicted molar refractivity (Wildman–Crippen MR) is 120 cm³/mol. The summed E-state index contributed by atoms with van der Waals surface area (Å²) in [4.78, 5) is 12.3. The highest BCUT2D eigenvalue weighted by Gasteiger charge is 2.15. The lowest BCUT2D eigenvalue weighted by atomic mass is 10.2.